The monoisotopic (exact) mass is 314 g/mol. The van der Waals surface area contributed by atoms with Gasteiger partial charge >= 0.3 is 5.97 Å². The van der Waals surface area contributed by atoms with E-state index in [2.05, 4.69) is 0 Å². The number of hydrogen-bond donors (Lipinski definition) is 2. The fourth-order valence-electron chi connectivity index (χ4n) is 2.09. The maximum atomic E-state index is 11.0. The highest BCUT2D eigenvalue weighted by Gasteiger charge is 2.19. The van der Waals surface area contributed by atoms with Crippen LogP contribution in [0.3, 0.4) is 0 Å². The van der Waals surface area contributed by atoms with Gasteiger partial charge < -0.3 is 20.3 Å². The van der Waals surface area contributed by atoms with E-state index < -0.39 is 11.9 Å². The molecule has 8 heteroatoms. The van der Waals surface area contributed by atoms with Crippen LogP contribution < -0.4 is 15.2 Å². The summed E-state index contributed by atoms with van der Waals surface area (Å²) in [5.74, 6) is -0.649. The molecule has 2 rings (SSSR count). The molecule has 21 heavy (non-hydrogen) atoms. The predicted molar refractivity (Wildman–Crippen MR) is 74.5 cm³/mol. The van der Waals surface area contributed by atoms with E-state index in [1.165, 1.54) is 4.90 Å². The van der Waals surface area contributed by atoms with Crippen LogP contribution in [0.1, 0.15) is 5.56 Å². The molecule has 0 aromatic heterocycles. The van der Waals surface area contributed by atoms with E-state index in [0.29, 0.717) is 35.3 Å². The summed E-state index contributed by atoms with van der Waals surface area (Å²) < 4.78 is 10.9. The third-order valence-electron chi connectivity index (χ3n) is 2.80. The predicted octanol–water partition coefficient (Wildman–Crippen LogP) is 0.483. The molecular formula is C13H15ClN2O5. The van der Waals surface area contributed by atoms with Crippen molar-refractivity contribution in [1.29, 1.82) is 0 Å². The van der Waals surface area contributed by atoms with Crippen LogP contribution in [-0.2, 0) is 16.1 Å². The van der Waals surface area contributed by atoms with Crippen LogP contribution in [0.5, 0.6) is 11.5 Å². The average Bonchev–Trinajstić information content (AvgIpc) is 2.37. The van der Waals surface area contributed by atoms with Crippen LogP contribution >= 0.6 is 11.6 Å². The third-order valence-corrected chi connectivity index (χ3v) is 3.08. The summed E-state index contributed by atoms with van der Waals surface area (Å²) in [7, 11) is 0. The second-order valence-electron chi connectivity index (χ2n) is 4.61. The Morgan fingerprint density at radius 1 is 1.29 bits per heavy atom. The molecule has 0 atom stereocenters. The lowest BCUT2D eigenvalue weighted by atomic mass is 10.1. The van der Waals surface area contributed by atoms with Crippen molar-refractivity contribution in [2.75, 3.05) is 26.3 Å². The summed E-state index contributed by atoms with van der Waals surface area (Å²) in [5, 5.41) is 9.24. The van der Waals surface area contributed by atoms with E-state index in [4.69, 9.17) is 31.9 Å². The zero-order valence-electron chi connectivity index (χ0n) is 11.2. The number of hydrogen-bond acceptors (Lipinski definition) is 5. The summed E-state index contributed by atoms with van der Waals surface area (Å²) in [4.78, 5) is 23.2. The number of nitrogens with zero attached hydrogens (tertiary/aromatic N) is 1. The maximum absolute atomic E-state index is 11.0. The molecule has 7 nitrogen and oxygen atoms in total. The summed E-state index contributed by atoms with van der Waals surface area (Å²) in [5.41, 5.74) is 5.83. The molecule has 0 saturated heterocycles. The van der Waals surface area contributed by atoms with Crippen molar-refractivity contribution in [2.24, 2.45) is 5.73 Å². The van der Waals surface area contributed by atoms with Crippen molar-refractivity contribution < 1.29 is 24.2 Å². The van der Waals surface area contributed by atoms with Gasteiger partial charge in [-0.05, 0) is 17.7 Å². The molecule has 0 radical (unpaired) electrons. The van der Waals surface area contributed by atoms with Gasteiger partial charge in [0.2, 0.25) is 5.91 Å². The van der Waals surface area contributed by atoms with Crippen LogP contribution in [0.2, 0.25) is 5.02 Å². The lowest BCUT2D eigenvalue weighted by Crippen LogP contribution is -2.36. The minimum atomic E-state index is -1.04. The molecule has 1 aliphatic rings. The smallest absolute Gasteiger partial charge is 0.317 e. The van der Waals surface area contributed by atoms with Gasteiger partial charge in [-0.15, -0.1) is 0 Å². The van der Waals surface area contributed by atoms with Gasteiger partial charge in [0.15, 0.2) is 11.5 Å². The SMILES string of the molecule is NC(=O)CN(CC(=O)O)Cc1cc(Cl)c2c(c1)OCCO2. The van der Waals surface area contributed by atoms with Crippen LogP contribution in [0.4, 0.5) is 0 Å². The molecule has 0 saturated carbocycles. The number of fused-ring (bicyclic) bond motifs is 1. The van der Waals surface area contributed by atoms with Crippen LogP contribution in [0, 0.1) is 0 Å². The van der Waals surface area contributed by atoms with Crippen molar-refractivity contribution in [2.45, 2.75) is 6.54 Å². The van der Waals surface area contributed by atoms with Gasteiger partial charge in [-0.1, -0.05) is 11.6 Å². The topological polar surface area (TPSA) is 102 Å². The quantitative estimate of drug-likeness (QED) is 0.792. The Bertz CT molecular complexity index is 548. The Labute approximate surface area is 126 Å². The zero-order chi connectivity index (χ0) is 15.4. The lowest BCUT2D eigenvalue weighted by Gasteiger charge is -2.22. The van der Waals surface area contributed by atoms with Crippen LogP contribution in [0.15, 0.2) is 12.1 Å². The first-order chi connectivity index (χ1) is 9.95. The van der Waals surface area contributed by atoms with Gasteiger partial charge in [-0.3, -0.25) is 14.5 Å². The van der Waals surface area contributed by atoms with E-state index in [0.717, 1.165) is 0 Å². The van der Waals surface area contributed by atoms with Crippen LogP contribution in [-0.4, -0.2) is 48.2 Å². The molecule has 0 aliphatic carbocycles. The molecule has 1 amide bonds. The molecule has 1 aromatic carbocycles. The minimum absolute atomic E-state index is 0.154. The number of nitrogens with two attached hydrogens (primary N) is 1. The van der Waals surface area contributed by atoms with Crippen LogP contribution in [0.25, 0.3) is 0 Å². The lowest BCUT2D eigenvalue weighted by molar-refractivity contribution is -0.138. The first-order valence-corrected chi connectivity index (χ1v) is 6.64. The molecule has 1 aliphatic heterocycles. The fourth-order valence-corrected chi connectivity index (χ4v) is 2.38. The van der Waals surface area contributed by atoms with E-state index in [9.17, 15) is 9.59 Å². The second-order valence-corrected chi connectivity index (χ2v) is 5.01. The number of ether oxygens (including phenoxy) is 2. The van der Waals surface area contributed by atoms with Gasteiger partial charge in [-0.25, -0.2) is 0 Å². The molecular weight excluding hydrogens is 300 g/mol. The Hall–Kier alpha value is -1.99. The second kappa shape index (κ2) is 6.64. The number of halogens is 1. The van der Waals surface area contributed by atoms with Gasteiger partial charge in [-0.2, -0.15) is 0 Å². The summed E-state index contributed by atoms with van der Waals surface area (Å²) in [6.07, 6.45) is 0. The summed E-state index contributed by atoms with van der Waals surface area (Å²) in [6, 6.07) is 3.38. The Morgan fingerprint density at radius 2 is 2.00 bits per heavy atom. The third kappa shape index (κ3) is 4.24. The number of carboxylic acid groups (broad SMARTS) is 1. The molecule has 0 spiro atoms. The number of carbonyl (C=O) groups excluding carboxylic acids is 1. The van der Waals surface area contributed by atoms with Crippen molar-refractivity contribution in [3.8, 4) is 11.5 Å². The molecule has 0 unspecified atom stereocenters. The first kappa shape index (κ1) is 15.4. The molecule has 3 N–H and O–H groups in total. The molecule has 0 bridgehead atoms. The summed E-state index contributed by atoms with van der Waals surface area (Å²) in [6.45, 7) is 0.616. The van der Waals surface area contributed by atoms with E-state index in [1.54, 1.807) is 12.1 Å². The number of carbonyl (C=O) groups is 2. The maximum Gasteiger partial charge on any atom is 0.317 e. The first-order valence-electron chi connectivity index (χ1n) is 6.26. The van der Waals surface area contributed by atoms with Gasteiger partial charge in [0.05, 0.1) is 18.1 Å². The average molecular weight is 315 g/mol. The standard InChI is InChI=1S/C13H15ClN2O5/c14-9-3-8(4-10-13(9)21-2-1-20-10)5-16(6-11(15)17)7-12(18)19/h3-4H,1-2,5-7H2,(H2,15,17)(H,18,19). The van der Waals surface area contributed by atoms with E-state index in [1.807, 2.05) is 0 Å². The molecule has 1 aromatic rings. The fraction of sp³-hybridized carbons (Fsp3) is 0.385. The highest BCUT2D eigenvalue weighted by atomic mass is 35.5. The number of amides is 1. The van der Waals surface area contributed by atoms with Gasteiger partial charge in [0.1, 0.15) is 13.2 Å². The van der Waals surface area contributed by atoms with Crippen molar-refractivity contribution in [3.05, 3.63) is 22.7 Å². The van der Waals surface area contributed by atoms with Gasteiger partial charge in [0, 0.05) is 6.54 Å². The Kier molecular flexibility index (Phi) is 4.87. The Morgan fingerprint density at radius 3 is 2.67 bits per heavy atom. The molecule has 1 heterocycles. The van der Waals surface area contributed by atoms with E-state index >= 15 is 0 Å². The number of benzene rings is 1. The zero-order valence-corrected chi connectivity index (χ0v) is 11.9. The van der Waals surface area contributed by atoms with E-state index in [-0.39, 0.29) is 19.6 Å². The highest BCUT2D eigenvalue weighted by Crippen LogP contribution is 2.38. The highest BCUT2D eigenvalue weighted by molar-refractivity contribution is 6.32. The Balaban J connectivity index is 2.18. The van der Waals surface area contributed by atoms with Crippen molar-refractivity contribution >= 4 is 23.5 Å². The van der Waals surface area contributed by atoms with Gasteiger partial charge in [0.25, 0.3) is 0 Å². The normalized spacial score (nSPS) is 13.2. The number of primary amides is 1. The van der Waals surface area contributed by atoms with Crippen molar-refractivity contribution in [1.82, 2.24) is 4.90 Å². The number of carboxylic acids is 1. The number of aliphatic carboxylic acids is 1. The minimum Gasteiger partial charge on any atom is -0.486 e. The largest absolute Gasteiger partial charge is 0.486 e. The van der Waals surface area contributed by atoms with Crippen molar-refractivity contribution in [3.63, 3.8) is 0 Å². The summed E-state index contributed by atoms with van der Waals surface area (Å²) >= 11 is 6.11. The molecule has 0 fully saturated rings. The molecule has 114 valence electrons. The number of rotatable bonds is 6.